The summed E-state index contributed by atoms with van der Waals surface area (Å²) in [6.45, 7) is 1.08. The van der Waals surface area contributed by atoms with Gasteiger partial charge in [-0.05, 0) is 36.4 Å². The molecule has 0 spiro atoms. The molecule has 0 atom stereocenters. The van der Waals surface area contributed by atoms with Crippen molar-refractivity contribution >= 4 is 23.3 Å². The number of nitrogens with one attached hydrogen (secondary N) is 1. The average molecular weight is 475 g/mol. The number of carbonyl (C=O) groups excluding carboxylic acids is 2. The van der Waals surface area contributed by atoms with Crippen LogP contribution in [0.2, 0.25) is 0 Å². The van der Waals surface area contributed by atoms with Gasteiger partial charge in [0.15, 0.2) is 12.4 Å². The second kappa shape index (κ2) is 9.91. The van der Waals surface area contributed by atoms with Crippen LogP contribution >= 0.6 is 0 Å². The van der Waals surface area contributed by atoms with E-state index in [0.29, 0.717) is 37.8 Å². The Morgan fingerprint density at radius 2 is 1.94 bits per heavy atom. The van der Waals surface area contributed by atoms with Crippen LogP contribution in [0.3, 0.4) is 0 Å². The number of ether oxygens (including phenoxy) is 2. The smallest absolute Gasteiger partial charge is 0.416 e. The van der Waals surface area contributed by atoms with Crippen LogP contribution in [0.15, 0.2) is 55.0 Å². The summed E-state index contributed by atoms with van der Waals surface area (Å²) in [5.41, 5.74) is -0.394. The highest BCUT2D eigenvalue weighted by atomic mass is 19.4. The molecule has 12 heteroatoms. The van der Waals surface area contributed by atoms with Gasteiger partial charge in [0.1, 0.15) is 0 Å². The van der Waals surface area contributed by atoms with E-state index in [9.17, 15) is 22.8 Å². The fourth-order valence-electron chi connectivity index (χ4n) is 3.34. The van der Waals surface area contributed by atoms with Crippen molar-refractivity contribution in [2.45, 2.75) is 6.18 Å². The molecule has 1 aromatic carbocycles. The van der Waals surface area contributed by atoms with E-state index >= 15 is 0 Å². The lowest BCUT2D eigenvalue weighted by Crippen LogP contribution is -2.37. The van der Waals surface area contributed by atoms with E-state index in [-0.39, 0.29) is 11.3 Å². The Labute approximate surface area is 192 Å². The fraction of sp³-hybridized carbons (Fsp3) is 0.273. The second-order valence-electron chi connectivity index (χ2n) is 7.31. The first kappa shape index (κ1) is 23.2. The van der Waals surface area contributed by atoms with Crippen molar-refractivity contribution in [3.8, 4) is 5.82 Å². The number of esters is 1. The van der Waals surface area contributed by atoms with Crippen molar-refractivity contribution < 1.29 is 32.2 Å². The maximum atomic E-state index is 13.2. The zero-order valence-corrected chi connectivity index (χ0v) is 17.8. The summed E-state index contributed by atoms with van der Waals surface area (Å²) in [7, 11) is 0. The third-order valence-corrected chi connectivity index (χ3v) is 5.01. The van der Waals surface area contributed by atoms with E-state index in [1.54, 1.807) is 24.5 Å². The lowest BCUT2D eigenvalue weighted by atomic mass is 10.1. The van der Waals surface area contributed by atoms with E-state index in [0.717, 1.165) is 12.1 Å². The fourth-order valence-corrected chi connectivity index (χ4v) is 3.34. The quantitative estimate of drug-likeness (QED) is 0.548. The van der Waals surface area contributed by atoms with Gasteiger partial charge >= 0.3 is 12.1 Å². The van der Waals surface area contributed by atoms with Crippen LogP contribution in [0.5, 0.6) is 0 Å². The molecular weight excluding hydrogens is 455 g/mol. The summed E-state index contributed by atoms with van der Waals surface area (Å²) < 4.78 is 51.4. The Bertz CT molecular complexity index is 1140. The summed E-state index contributed by atoms with van der Waals surface area (Å²) in [6, 6.07) is 7.87. The van der Waals surface area contributed by atoms with Gasteiger partial charge in [0.2, 0.25) is 0 Å². The molecule has 0 aliphatic carbocycles. The Hall–Kier alpha value is -3.93. The standard InChI is InChI=1S/C22H20F3N5O4/c23-22(24,25)16-3-4-18(29-8-10-33-11-9-29)17(12-16)28-20(31)14-34-21(32)15-2-5-19(26-13-15)30-7-1-6-27-30/h1-7,12-13H,8-11,14H2,(H,28,31). The van der Waals surface area contributed by atoms with Crippen LogP contribution in [0.1, 0.15) is 15.9 Å². The molecule has 1 aliphatic rings. The number of amides is 1. The van der Waals surface area contributed by atoms with Crippen LogP contribution in [0.4, 0.5) is 24.5 Å². The van der Waals surface area contributed by atoms with Crippen LogP contribution in [0, 0.1) is 0 Å². The number of hydrogen-bond donors (Lipinski definition) is 1. The minimum Gasteiger partial charge on any atom is -0.452 e. The van der Waals surface area contributed by atoms with Crippen LogP contribution in [0.25, 0.3) is 5.82 Å². The molecule has 1 N–H and O–H groups in total. The third-order valence-electron chi connectivity index (χ3n) is 5.01. The zero-order chi connectivity index (χ0) is 24.1. The van der Waals surface area contributed by atoms with Crippen molar-refractivity contribution in [1.29, 1.82) is 0 Å². The first-order valence-electron chi connectivity index (χ1n) is 10.3. The second-order valence-corrected chi connectivity index (χ2v) is 7.31. The Morgan fingerprint density at radius 1 is 1.15 bits per heavy atom. The van der Waals surface area contributed by atoms with Crippen molar-refractivity contribution in [3.63, 3.8) is 0 Å². The van der Waals surface area contributed by atoms with E-state index in [1.165, 1.54) is 23.0 Å². The van der Waals surface area contributed by atoms with Gasteiger partial charge in [0.25, 0.3) is 5.91 Å². The van der Waals surface area contributed by atoms with Crippen LogP contribution in [-0.2, 0) is 20.4 Å². The van der Waals surface area contributed by atoms with Crippen molar-refractivity contribution in [1.82, 2.24) is 14.8 Å². The maximum Gasteiger partial charge on any atom is 0.416 e. The molecule has 9 nitrogen and oxygen atoms in total. The summed E-state index contributed by atoms with van der Waals surface area (Å²) in [6.07, 6.45) is -0.0354. The number of morpholine rings is 1. The lowest BCUT2D eigenvalue weighted by molar-refractivity contribution is -0.137. The van der Waals surface area contributed by atoms with Crippen molar-refractivity contribution in [2.24, 2.45) is 0 Å². The maximum absolute atomic E-state index is 13.2. The lowest BCUT2D eigenvalue weighted by Gasteiger charge is -2.31. The topological polar surface area (TPSA) is 98.6 Å². The summed E-state index contributed by atoms with van der Waals surface area (Å²) >= 11 is 0. The molecule has 3 aromatic rings. The average Bonchev–Trinajstić information content (AvgIpc) is 3.38. The van der Waals surface area contributed by atoms with Gasteiger partial charge in [-0.15, -0.1) is 0 Å². The SMILES string of the molecule is O=C(COC(=O)c1ccc(-n2cccn2)nc1)Nc1cc(C(F)(F)F)ccc1N1CCOCC1. The van der Waals surface area contributed by atoms with Gasteiger partial charge in [-0.25, -0.2) is 14.5 Å². The van der Waals surface area contributed by atoms with Gasteiger partial charge in [-0.2, -0.15) is 18.3 Å². The first-order chi connectivity index (χ1) is 16.3. The number of aromatic nitrogens is 3. The highest BCUT2D eigenvalue weighted by Crippen LogP contribution is 2.35. The molecule has 2 aromatic heterocycles. The molecule has 0 unspecified atom stereocenters. The van der Waals surface area contributed by atoms with Gasteiger partial charge in [-0.1, -0.05) is 0 Å². The third kappa shape index (κ3) is 5.52. The number of alkyl halides is 3. The number of nitrogens with zero attached hydrogens (tertiary/aromatic N) is 4. The number of benzene rings is 1. The molecular formula is C22H20F3N5O4. The number of carbonyl (C=O) groups is 2. The van der Waals surface area contributed by atoms with E-state index < -0.39 is 30.2 Å². The van der Waals surface area contributed by atoms with Crippen molar-refractivity contribution in [3.05, 3.63) is 66.1 Å². The molecule has 0 bridgehead atoms. The number of hydrogen-bond acceptors (Lipinski definition) is 7. The van der Waals surface area contributed by atoms with Gasteiger partial charge in [0.05, 0.1) is 35.7 Å². The van der Waals surface area contributed by atoms with Gasteiger partial charge in [-0.3, -0.25) is 4.79 Å². The van der Waals surface area contributed by atoms with Crippen LogP contribution in [-0.4, -0.2) is 59.6 Å². The molecule has 0 saturated carbocycles. The highest BCUT2D eigenvalue weighted by Gasteiger charge is 2.32. The summed E-state index contributed by atoms with van der Waals surface area (Å²) in [5, 5.41) is 6.46. The molecule has 1 saturated heterocycles. The van der Waals surface area contributed by atoms with E-state index in [2.05, 4.69) is 15.4 Å². The number of halogens is 3. The molecule has 1 fully saturated rings. The molecule has 4 rings (SSSR count). The zero-order valence-electron chi connectivity index (χ0n) is 17.8. The molecule has 34 heavy (non-hydrogen) atoms. The molecule has 0 radical (unpaired) electrons. The largest absolute Gasteiger partial charge is 0.452 e. The predicted octanol–water partition coefficient (Wildman–Crippen LogP) is 2.92. The van der Waals surface area contributed by atoms with Crippen molar-refractivity contribution in [2.75, 3.05) is 43.1 Å². The van der Waals surface area contributed by atoms with E-state index in [1.807, 2.05) is 4.90 Å². The summed E-state index contributed by atoms with van der Waals surface area (Å²) in [4.78, 5) is 30.6. The molecule has 3 heterocycles. The normalized spacial score (nSPS) is 14.0. The number of pyridine rings is 1. The Balaban J connectivity index is 1.42. The number of anilines is 2. The minimum absolute atomic E-state index is 0.0250. The first-order valence-corrected chi connectivity index (χ1v) is 10.3. The van der Waals surface area contributed by atoms with E-state index in [4.69, 9.17) is 9.47 Å². The van der Waals surface area contributed by atoms with Gasteiger partial charge < -0.3 is 19.7 Å². The highest BCUT2D eigenvalue weighted by molar-refractivity contribution is 5.97. The van der Waals surface area contributed by atoms with Gasteiger partial charge in [0, 0.05) is 31.7 Å². The monoisotopic (exact) mass is 475 g/mol. The summed E-state index contributed by atoms with van der Waals surface area (Å²) in [5.74, 6) is -1.09. The Kier molecular flexibility index (Phi) is 6.77. The Morgan fingerprint density at radius 3 is 2.59 bits per heavy atom. The van der Waals surface area contributed by atoms with Crippen LogP contribution < -0.4 is 10.2 Å². The molecule has 1 aliphatic heterocycles. The minimum atomic E-state index is -4.58. The molecule has 1 amide bonds. The number of rotatable bonds is 6. The predicted molar refractivity (Wildman–Crippen MR) is 115 cm³/mol. The molecule has 178 valence electrons.